The molecule has 0 spiro atoms. The van der Waals surface area contributed by atoms with E-state index in [1.807, 2.05) is 43.4 Å². The number of rotatable bonds is 8. The Balaban J connectivity index is 1.59. The molecule has 3 saturated heterocycles. The number of aromatic nitrogens is 1. The standard InChI is InChI=1S/C40H56FN3O10S/c1-11-29-40(8)32(43-37(49)54-40)24(5)33(47)38(6,41)20-39(7,50-15-12-13-25-18-28-26(42-19-25)14-16-55-28)34(22(3)30(45)23(4)35(48)52-29)53-36-31(46)27(44(9)10)17-21(2)51-36/h12-14,16,18-19,21-24,27,29,31-32,34,36,46H,11,15,17,20H2,1-10H3,(H,43,49)/b13-12+/t21-,22+,23-,24-,27+,29-,31-,32+,34-,36+,38+,39-,40-/m1/s1. The van der Waals surface area contributed by atoms with Gasteiger partial charge in [0.05, 0.1) is 40.7 Å². The molecule has 13 nitrogen and oxygen atoms in total. The molecule has 0 bridgehead atoms. The average molecular weight is 790 g/mol. The van der Waals surface area contributed by atoms with Gasteiger partial charge in [0.2, 0.25) is 0 Å². The third-order valence-corrected chi connectivity index (χ3v) is 12.4. The molecule has 0 radical (unpaired) electrons. The number of nitrogens with one attached hydrogen (secondary N) is 1. The van der Waals surface area contributed by atoms with E-state index in [0.717, 1.165) is 22.7 Å². The molecule has 2 aromatic rings. The summed E-state index contributed by atoms with van der Waals surface area (Å²) in [7, 11) is 3.64. The first kappa shape index (κ1) is 42.8. The van der Waals surface area contributed by atoms with Crippen molar-refractivity contribution in [1.29, 1.82) is 0 Å². The van der Waals surface area contributed by atoms with Crippen LogP contribution in [0.4, 0.5) is 9.18 Å². The second kappa shape index (κ2) is 16.6. The molecule has 0 aliphatic carbocycles. The zero-order chi connectivity index (χ0) is 40.6. The molecule has 0 unspecified atom stereocenters. The van der Waals surface area contributed by atoms with Crippen LogP contribution in [-0.2, 0) is 38.1 Å². The number of aliphatic hydroxyl groups excluding tert-OH is 1. The maximum Gasteiger partial charge on any atom is 0.408 e. The fraction of sp³-hybridized carbons (Fsp3) is 0.675. The van der Waals surface area contributed by atoms with E-state index in [2.05, 4.69) is 10.3 Å². The highest BCUT2D eigenvalue weighted by atomic mass is 32.1. The van der Waals surface area contributed by atoms with Crippen LogP contribution in [0.3, 0.4) is 0 Å². The van der Waals surface area contributed by atoms with Gasteiger partial charge in [-0.15, -0.1) is 11.3 Å². The Morgan fingerprint density at radius 3 is 2.51 bits per heavy atom. The number of alkyl halides is 1. The first-order valence-corrected chi connectivity index (χ1v) is 19.9. The number of halogens is 1. The van der Waals surface area contributed by atoms with Gasteiger partial charge in [0.25, 0.3) is 0 Å². The van der Waals surface area contributed by atoms with Gasteiger partial charge >= 0.3 is 12.1 Å². The smallest absolute Gasteiger partial charge is 0.408 e. The lowest BCUT2D eigenvalue weighted by Crippen LogP contribution is -2.62. The lowest BCUT2D eigenvalue weighted by Gasteiger charge is -2.48. The minimum Gasteiger partial charge on any atom is -0.458 e. The number of thiophene rings is 1. The fourth-order valence-electron chi connectivity index (χ4n) is 8.53. The van der Waals surface area contributed by atoms with Gasteiger partial charge in [0.15, 0.2) is 29.1 Å². The van der Waals surface area contributed by atoms with Crippen LogP contribution >= 0.6 is 11.3 Å². The summed E-state index contributed by atoms with van der Waals surface area (Å²) in [6, 6.07) is 2.44. The van der Waals surface area contributed by atoms with Gasteiger partial charge in [-0.25, -0.2) is 9.18 Å². The van der Waals surface area contributed by atoms with Crippen molar-refractivity contribution in [3.8, 4) is 0 Å². The number of amides is 1. The number of ether oxygens (including phenoxy) is 5. The van der Waals surface area contributed by atoms with Gasteiger partial charge in [-0.1, -0.05) is 32.9 Å². The number of carbonyl (C=O) groups is 4. The first-order chi connectivity index (χ1) is 25.7. The molecule has 5 heterocycles. The highest BCUT2D eigenvalue weighted by Gasteiger charge is 2.59. The number of hydrogen-bond acceptors (Lipinski definition) is 13. The average Bonchev–Trinajstić information content (AvgIpc) is 3.73. The molecule has 5 rings (SSSR count). The number of alkyl carbamates (subject to hydrolysis) is 1. The highest BCUT2D eigenvalue weighted by molar-refractivity contribution is 7.17. The quantitative estimate of drug-likeness (QED) is 0.264. The van der Waals surface area contributed by atoms with Crippen LogP contribution < -0.4 is 5.32 Å². The third-order valence-electron chi connectivity index (χ3n) is 11.6. The zero-order valence-electron chi connectivity index (χ0n) is 33.4. The Morgan fingerprint density at radius 1 is 1.13 bits per heavy atom. The van der Waals surface area contributed by atoms with E-state index in [9.17, 15) is 24.3 Å². The summed E-state index contributed by atoms with van der Waals surface area (Å²) in [5, 5.41) is 16.1. The van der Waals surface area contributed by atoms with Gasteiger partial charge < -0.3 is 39.0 Å². The molecule has 304 valence electrons. The van der Waals surface area contributed by atoms with Crippen molar-refractivity contribution in [2.45, 2.75) is 134 Å². The Bertz CT molecular complexity index is 1770. The van der Waals surface area contributed by atoms with Crippen molar-refractivity contribution in [3.63, 3.8) is 0 Å². The molecular weight excluding hydrogens is 734 g/mol. The molecule has 1 amide bonds. The summed E-state index contributed by atoms with van der Waals surface area (Å²) in [5.74, 6) is -6.01. The van der Waals surface area contributed by atoms with Gasteiger partial charge in [-0.05, 0) is 84.6 Å². The van der Waals surface area contributed by atoms with Crippen molar-refractivity contribution in [3.05, 3.63) is 35.3 Å². The van der Waals surface area contributed by atoms with Crippen LogP contribution in [0.2, 0.25) is 0 Å². The van der Waals surface area contributed by atoms with Gasteiger partial charge in [-0.2, -0.15) is 0 Å². The molecule has 2 aromatic heterocycles. The first-order valence-electron chi connectivity index (χ1n) is 19.0. The van der Waals surface area contributed by atoms with Crippen molar-refractivity contribution in [2.75, 3.05) is 20.7 Å². The molecule has 3 fully saturated rings. The summed E-state index contributed by atoms with van der Waals surface area (Å²) < 4.78 is 49.2. The molecular formula is C40H56FN3O10S. The number of nitrogens with zero attached hydrogens (tertiary/aromatic N) is 2. The van der Waals surface area contributed by atoms with Crippen molar-refractivity contribution in [2.24, 2.45) is 17.8 Å². The summed E-state index contributed by atoms with van der Waals surface area (Å²) in [6.45, 7) is 12.1. The van der Waals surface area contributed by atoms with E-state index in [1.165, 1.54) is 20.8 Å². The van der Waals surface area contributed by atoms with Crippen molar-refractivity contribution in [1.82, 2.24) is 15.2 Å². The topological polar surface area (TPSA) is 163 Å². The van der Waals surface area contributed by atoms with Crippen LogP contribution in [0.5, 0.6) is 0 Å². The van der Waals surface area contributed by atoms with Crippen LogP contribution in [0.25, 0.3) is 16.3 Å². The molecule has 0 saturated carbocycles. The van der Waals surface area contributed by atoms with Gasteiger partial charge in [-0.3, -0.25) is 19.4 Å². The summed E-state index contributed by atoms with van der Waals surface area (Å²) in [4.78, 5) is 61.5. The summed E-state index contributed by atoms with van der Waals surface area (Å²) in [6.07, 6.45) is -0.806. The maximum atomic E-state index is 17.4. The monoisotopic (exact) mass is 789 g/mol. The molecule has 3 aliphatic rings. The lowest BCUT2D eigenvalue weighted by molar-refractivity contribution is -0.297. The van der Waals surface area contributed by atoms with Crippen molar-refractivity contribution >= 4 is 51.3 Å². The zero-order valence-corrected chi connectivity index (χ0v) is 34.2. The number of hydrogen-bond donors (Lipinski definition) is 2. The SMILES string of the molecule is CC[C@H]1OC(=O)[C@H](C)C(=O)[C@H](C)[C@@H](O[C@@H]2O[C@H](C)C[C@H](N(C)C)[C@H]2O)[C@](C)(OC/C=C/c2cnc3ccsc3c2)C[C@](C)(F)C(=O)[C@H](C)[C@@H]2NC(=O)O[C@]12C. The molecule has 13 atom stereocenters. The predicted octanol–water partition coefficient (Wildman–Crippen LogP) is 5.26. The fourth-order valence-corrected chi connectivity index (χ4v) is 9.32. The number of aliphatic hydroxyl groups is 1. The molecule has 0 aromatic carbocycles. The molecule has 55 heavy (non-hydrogen) atoms. The van der Waals surface area contributed by atoms with Crippen molar-refractivity contribution < 1.29 is 52.4 Å². The van der Waals surface area contributed by atoms with E-state index < -0.39 is 95.3 Å². The van der Waals surface area contributed by atoms with Gasteiger partial charge in [0, 0.05) is 30.5 Å². The van der Waals surface area contributed by atoms with E-state index in [-0.39, 0.29) is 25.2 Å². The van der Waals surface area contributed by atoms with E-state index >= 15 is 4.39 Å². The van der Waals surface area contributed by atoms with Crippen LogP contribution in [0.1, 0.15) is 80.2 Å². The minimum atomic E-state index is -2.62. The highest BCUT2D eigenvalue weighted by Crippen LogP contribution is 2.42. The van der Waals surface area contributed by atoms with Crippen LogP contribution in [0.15, 0.2) is 29.8 Å². The lowest BCUT2D eigenvalue weighted by atomic mass is 9.72. The molecule has 3 aliphatic heterocycles. The Kier molecular flexibility index (Phi) is 12.9. The second-order valence-corrected chi connectivity index (χ2v) is 17.1. The Hall–Kier alpha value is -3.34. The van der Waals surface area contributed by atoms with E-state index in [1.54, 1.807) is 50.5 Å². The summed E-state index contributed by atoms with van der Waals surface area (Å²) >= 11 is 1.55. The molecule has 15 heteroatoms. The number of pyridine rings is 1. The number of cyclic esters (lactones) is 1. The summed E-state index contributed by atoms with van der Waals surface area (Å²) in [5.41, 5.74) is -4.27. The number of fused-ring (bicyclic) bond motifs is 2. The normalized spacial score (nSPS) is 39.5. The van der Waals surface area contributed by atoms with E-state index in [0.29, 0.717) is 6.42 Å². The Labute approximate surface area is 326 Å². The second-order valence-electron chi connectivity index (χ2n) is 16.2. The molecule has 2 N–H and O–H groups in total. The number of Topliss-reactive ketones (excluding diaryl/α,β-unsaturated/α-hetero) is 2. The number of esters is 1. The Morgan fingerprint density at radius 2 is 1.84 bits per heavy atom. The van der Waals surface area contributed by atoms with Gasteiger partial charge in [0.1, 0.15) is 18.1 Å². The van der Waals surface area contributed by atoms with E-state index in [4.69, 9.17) is 23.7 Å². The minimum absolute atomic E-state index is 0.106. The third kappa shape index (κ3) is 8.81. The predicted molar refractivity (Wildman–Crippen MR) is 204 cm³/mol. The largest absolute Gasteiger partial charge is 0.458 e. The van der Waals surface area contributed by atoms with Crippen LogP contribution in [0, 0.1) is 17.8 Å². The van der Waals surface area contributed by atoms with Crippen LogP contribution in [-0.4, -0.2) is 119 Å². The number of likely N-dealkylation sites (N-methyl/N-ethyl adjacent to an activating group) is 1. The number of carbonyl (C=O) groups excluding carboxylic acids is 4. The number of ketones is 2. The maximum absolute atomic E-state index is 17.4.